The van der Waals surface area contributed by atoms with Gasteiger partial charge in [0.1, 0.15) is 11.3 Å². The lowest BCUT2D eigenvalue weighted by atomic mass is 10.2. The van der Waals surface area contributed by atoms with Gasteiger partial charge in [0.15, 0.2) is 5.76 Å². The van der Waals surface area contributed by atoms with Crippen molar-refractivity contribution in [1.82, 2.24) is 4.90 Å². The highest BCUT2D eigenvalue weighted by molar-refractivity contribution is 5.96. The summed E-state index contributed by atoms with van der Waals surface area (Å²) in [5, 5.41) is 19.2. The van der Waals surface area contributed by atoms with E-state index in [1.807, 2.05) is 30.3 Å². The van der Waals surface area contributed by atoms with E-state index >= 15 is 0 Å². The second kappa shape index (κ2) is 9.17. The number of carboxylic acids is 1. The number of aliphatic hydroxyl groups is 1. The Balaban J connectivity index is 1.87. The van der Waals surface area contributed by atoms with Crippen molar-refractivity contribution in [2.75, 3.05) is 20.2 Å². The molecule has 26 heavy (non-hydrogen) atoms. The molecule has 1 unspecified atom stereocenters. The summed E-state index contributed by atoms with van der Waals surface area (Å²) in [5.74, 6) is -1.43. The van der Waals surface area contributed by atoms with Gasteiger partial charge in [-0.2, -0.15) is 0 Å². The van der Waals surface area contributed by atoms with Gasteiger partial charge in [-0.15, -0.1) is 0 Å². The summed E-state index contributed by atoms with van der Waals surface area (Å²) in [6, 6.07) is 10.8. The Morgan fingerprint density at radius 1 is 1.27 bits per heavy atom. The number of carboxylic acid groups (broad SMARTS) is 1. The van der Waals surface area contributed by atoms with Gasteiger partial charge >= 0.3 is 5.97 Å². The van der Waals surface area contributed by atoms with Crippen molar-refractivity contribution in [3.63, 3.8) is 0 Å². The maximum atomic E-state index is 12.4. The van der Waals surface area contributed by atoms with Gasteiger partial charge in [-0.25, -0.2) is 4.79 Å². The first-order chi connectivity index (χ1) is 12.4. The van der Waals surface area contributed by atoms with E-state index in [4.69, 9.17) is 14.3 Å². The molecule has 0 fully saturated rings. The summed E-state index contributed by atoms with van der Waals surface area (Å²) in [6.07, 6.45) is -0.499. The molecule has 2 rings (SSSR count). The molecule has 0 spiro atoms. The monoisotopic (exact) mass is 361 g/mol. The number of aryl methyl sites for hydroxylation is 1. The third-order valence-corrected chi connectivity index (χ3v) is 3.82. The Morgan fingerprint density at radius 3 is 2.54 bits per heavy atom. The van der Waals surface area contributed by atoms with Crippen LogP contribution in [0.5, 0.6) is 0 Å². The second-order valence-corrected chi connectivity index (χ2v) is 5.95. The van der Waals surface area contributed by atoms with Crippen molar-refractivity contribution in [3.05, 3.63) is 59.0 Å². The summed E-state index contributed by atoms with van der Waals surface area (Å²) in [6.45, 7) is 2.23. The number of amides is 1. The molecule has 1 aromatic heterocycles. The number of furan rings is 1. The quantitative estimate of drug-likeness (QED) is 0.710. The molecule has 1 amide bonds. The first-order valence-electron chi connectivity index (χ1n) is 8.33. The fourth-order valence-electron chi connectivity index (χ4n) is 2.50. The highest BCUT2D eigenvalue weighted by Gasteiger charge is 2.23. The summed E-state index contributed by atoms with van der Waals surface area (Å²) in [5.41, 5.74) is 0.976. The second-order valence-electron chi connectivity index (χ2n) is 5.95. The molecule has 0 saturated heterocycles. The predicted molar refractivity (Wildman–Crippen MR) is 94.1 cm³/mol. The van der Waals surface area contributed by atoms with E-state index in [1.165, 1.54) is 18.0 Å². The molecule has 7 heteroatoms. The van der Waals surface area contributed by atoms with Crippen LogP contribution in [0.4, 0.5) is 0 Å². The van der Waals surface area contributed by atoms with Crippen LogP contribution in [0.1, 0.15) is 39.2 Å². The fourth-order valence-corrected chi connectivity index (χ4v) is 2.50. The molecule has 0 aliphatic carbocycles. The number of nitrogens with zero attached hydrogens (tertiary/aromatic N) is 1. The molecule has 0 saturated carbocycles. The molecule has 0 radical (unpaired) electrons. The molecule has 140 valence electrons. The Labute approximate surface area is 151 Å². The van der Waals surface area contributed by atoms with Gasteiger partial charge in [-0.3, -0.25) is 4.79 Å². The normalized spacial score (nSPS) is 12.0. The van der Waals surface area contributed by atoms with Crippen LogP contribution < -0.4 is 0 Å². The standard InChI is InChI=1S/C19H23NO6/c1-3-16-15(19(23)24)9-17(26-16)18(22)20(2)10-14(21)12-25-11-13-7-5-4-6-8-13/h4-9,14,21H,3,10-12H2,1-2H3,(H,23,24). The fraction of sp³-hybridized carbons (Fsp3) is 0.368. The highest BCUT2D eigenvalue weighted by atomic mass is 16.5. The van der Waals surface area contributed by atoms with Gasteiger partial charge in [-0.1, -0.05) is 37.3 Å². The SMILES string of the molecule is CCc1oc(C(=O)N(C)CC(O)COCc2ccccc2)cc1C(=O)O. The predicted octanol–water partition coefficient (Wildman–Crippen LogP) is 2.19. The number of likely N-dealkylation sites (N-methyl/N-ethyl adjacent to an activating group) is 1. The van der Waals surface area contributed by atoms with Gasteiger partial charge in [0.05, 0.1) is 19.3 Å². The van der Waals surface area contributed by atoms with Gasteiger partial charge in [0, 0.05) is 26.1 Å². The van der Waals surface area contributed by atoms with Crippen LogP contribution in [0.2, 0.25) is 0 Å². The lowest BCUT2D eigenvalue weighted by Crippen LogP contribution is -2.36. The molecule has 0 aliphatic heterocycles. The van der Waals surface area contributed by atoms with Gasteiger partial charge < -0.3 is 24.3 Å². The van der Waals surface area contributed by atoms with E-state index in [1.54, 1.807) is 6.92 Å². The Hall–Kier alpha value is -2.64. The summed E-state index contributed by atoms with van der Waals surface area (Å²) in [7, 11) is 1.51. The number of carbonyl (C=O) groups is 2. The Kier molecular flexibility index (Phi) is 6.94. The topological polar surface area (TPSA) is 100 Å². The molecule has 1 heterocycles. The number of benzene rings is 1. The number of hydrogen-bond acceptors (Lipinski definition) is 5. The number of ether oxygens (including phenoxy) is 1. The molecule has 1 atom stereocenters. The molecule has 1 aromatic carbocycles. The Morgan fingerprint density at radius 2 is 1.96 bits per heavy atom. The maximum absolute atomic E-state index is 12.4. The zero-order chi connectivity index (χ0) is 19.1. The molecule has 0 bridgehead atoms. The van der Waals surface area contributed by atoms with Crippen molar-refractivity contribution in [2.24, 2.45) is 0 Å². The van der Waals surface area contributed by atoms with Crippen molar-refractivity contribution >= 4 is 11.9 Å². The number of aliphatic hydroxyl groups excluding tert-OH is 1. The van der Waals surface area contributed by atoms with Crippen LogP contribution in [-0.2, 0) is 17.8 Å². The van der Waals surface area contributed by atoms with Crippen molar-refractivity contribution in [2.45, 2.75) is 26.1 Å². The van der Waals surface area contributed by atoms with Gasteiger partial charge in [0.2, 0.25) is 0 Å². The largest absolute Gasteiger partial charge is 0.478 e. The van der Waals surface area contributed by atoms with E-state index in [0.29, 0.717) is 13.0 Å². The molecular formula is C19H23NO6. The van der Waals surface area contributed by atoms with Gasteiger partial charge in [0.25, 0.3) is 5.91 Å². The third-order valence-electron chi connectivity index (χ3n) is 3.82. The first kappa shape index (κ1) is 19.7. The van der Waals surface area contributed by atoms with Crippen LogP contribution in [0, 0.1) is 0 Å². The summed E-state index contributed by atoms with van der Waals surface area (Å²) >= 11 is 0. The highest BCUT2D eigenvalue weighted by Crippen LogP contribution is 2.18. The van der Waals surface area contributed by atoms with E-state index in [2.05, 4.69) is 0 Å². The molecule has 2 aromatic rings. The van der Waals surface area contributed by atoms with Crippen molar-refractivity contribution in [3.8, 4) is 0 Å². The van der Waals surface area contributed by atoms with E-state index in [0.717, 1.165) is 5.56 Å². The lowest BCUT2D eigenvalue weighted by Gasteiger charge is -2.20. The first-order valence-corrected chi connectivity index (χ1v) is 8.33. The Bertz CT molecular complexity index is 740. The van der Waals surface area contributed by atoms with Crippen LogP contribution in [0.25, 0.3) is 0 Å². The van der Waals surface area contributed by atoms with E-state index in [9.17, 15) is 14.7 Å². The van der Waals surface area contributed by atoms with Crippen LogP contribution in [0.15, 0.2) is 40.8 Å². The van der Waals surface area contributed by atoms with Crippen LogP contribution >= 0.6 is 0 Å². The minimum atomic E-state index is -1.14. The number of rotatable bonds is 9. The third kappa shape index (κ3) is 5.18. The maximum Gasteiger partial charge on any atom is 0.339 e. The van der Waals surface area contributed by atoms with E-state index in [-0.39, 0.29) is 30.2 Å². The minimum absolute atomic E-state index is 0.0176. The lowest BCUT2D eigenvalue weighted by molar-refractivity contribution is 0.0131. The summed E-state index contributed by atoms with van der Waals surface area (Å²) < 4.78 is 10.8. The van der Waals surface area contributed by atoms with Crippen molar-refractivity contribution in [1.29, 1.82) is 0 Å². The smallest absolute Gasteiger partial charge is 0.339 e. The average molecular weight is 361 g/mol. The van der Waals surface area contributed by atoms with E-state index < -0.39 is 18.0 Å². The van der Waals surface area contributed by atoms with Crippen LogP contribution in [-0.4, -0.2) is 53.3 Å². The summed E-state index contributed by atoms with van der Waals surface area (Å²) in [4.78, 5) is 24.8. The minimum Gasteiger partial charge on any atom is -0.478 e. The van der Waals surface area contributed by atoms with Crippen molar-refractivity contribution < 1.29 is 29.0 Å². The van der Waals surface area contributed by atoms with Crippen LogP contribution in [0.3, 0.4) is 0 Å². The van der Waals surface area contributed by atoms with Gasteiger partial charge in [-0.05, 0) is 5.56 Å². The average Bonchev–Trinajstić information content (AvgIpc) is 3.06. The molecule has 0 aliphatic rings. The number of hydrogen-bond donors (Lipinski definition) is 2. The number of carbonyl (C=O) groups excluding carboxylic acids is 1. The molecule has 7 nitrogen and oxygen atoms in total. The number of aromatic carboxylic acids is 1. The molecule has 2 N–H and O–H groups in total. The molecular weight excluding hydrogens is 338 g/mol. The zero-order valence-corrected chi connectivity index (χ0v) is 14.8. The zero-order valence-electron chi connectivity index (χ0n) is 14.8.